The number of anilines is 1. The SMILES string of the molecule is Cc1ccc(F)cc1NC(=O)CN1C[C@@H](O)[C@H](Oc2ccc(C(=O)O)cc2)C1. The molecule has 3 N–H and O–H groups in total. The van der Waals surface area contributed by atoms with Crippen LogP contribution in [0.1, 0.15) is 15.9 Å². The van der Waals surface area contributed by atoms with Crippen LogP contribution in [0.3, 0.4) is 0 Å². The lowest BCUT2D eigenvalue weighted by atomic mass is 10.2. The van der Waals surface area contributed by atoms with Gasteiger partial charge in [0.05, 0.1) is 12.1 Å². The molecule has 0 aromatic heterocycles. The largest absolute Gasteiger partial charge is 0.486 e. The normalized spacial score (nSPS) is 19.4. The molecule has 7 nitrogen and oxygen atoms in total. The number of β-amino-alcohol motifs (C(OH)–C–C–N with tert-alkyl or cyclic N) is 1. The van der Waals surface area contributed by atoms with Crippen LogP contribution in [0, 0.1) is 12.7 Å². The maximum Gasteiger partial charge on any atom is 0.335 e. The first-order chi connectivity index (χ1) is 13.3. The van der Waals surface area contributed by atoms with Gasteiger partial charge in [0.15, 0.2) is 0 Å². The summed E-state index contributed by atoms with van der Waals surface area (Å²) in [7, 11) is 0. The molecule has 2 aromatic rings. The number of aliphatic hydroxyl groups is 1. The molecular formula is C20H21FN2O5. The lowest BCUT2D eigenvalue weighted by Gasteiger charge is -2.17. The van der Waals surface area contributed by atoms with E-state index in [1.54, 1.807) is 17.9 Å². The Morgan fingerprint density at radius 3 is 2.61 bits per heavy atom. The summed E-state index contributed by atoms with van der Waals surface area (Å²) in [5.74, 6) is -1.33. The molecule has 1 aliphatic heterocycles. The molecule has 2 atom stereocenters. The third-order valence-electron chi connectivity index (χ3n) is 4.54. The predicted octanol–water partition coefficient (Wildman–Crippen LogP) is 1.89. The van der Waals surface area contributed by atoms with Crippen molar-refractivity contribution in [2.75, 3.05) is 25.0 Å². The van der Waals surface area contributed by atoms with Gasteiger partial charge in [-0.15, -0.1) is 0 Å². The minimum Gasteiger partial charge on any atom is -0.486 e. The van der Waals surface area contributed by atoms with Gasteiger partial charge in [0.25, 0.3) is 0 Å². The Kier molecular flexibility index (Phi) is 5.91. The average molecular weight is 388 g/mol. The van der Waals surface area contributed by atoms with Gasteiger partial charge in [0.2, 0.25) is 5.91 Å². The van der Waals surface area contributed by atoms with Crippen molar-refractivity contribution >= 4 is 17.6 Å². The number of likely N-dealkylation sites (tertiary alicyclic amines) is 1. The van der Waals surface area contributed by atoms with Gasteiger partial charge in [-0.25, -0.2) is 9.18 Å². The number of ether oxygens (including phenoxy) is 1. The van der Waals surface area contributed by atoms with Crippen LogP contribution >= 0.6 is 0 Å². The molecule has 0 bridgehead atoms. The highest BCUT2D eigenvalue weighted by Crippen LogP contribution is 2.20. The zero-order valence-electron chi connectivity index (χ0n) is 15.3. The van der Waals surface area contributed by atoms with E-state index in [1.807, 2.05) is 0 Å². The number of nitrogens with zero attached hydrogens (tertiary/aromatic N) is 1. The van der Waals surface area contributed by atoms with E-state index in [-0.39, 0.29) is 24.6 Å². The van der Waals surface area contributed by atoms with Crippen LogP contribution in [0.25, 0.3) is 0 Å². The zero-order valence-corrected chi connectivity index (χ0v) is 15.3. The van der Waals surface area contributed by atoms with E-state index in [0.29, 0.717) is 18.0 Å². The first-order valence-corrected chi connectivity index (χ1v) is 8.78. The first-order valence-electron chi connectivity index (χ1n) is 8.78. The van der Waals surface area contributed by atoms with Gasteiger partial charge in [0, 0.05) is 18.8 Å². The Bertz CT molecular complexity index is 871. The summed E-state index contributed by atoms with van der Waals surface area (Å²) in [6.07, 6.45) is -1.33. The molecule has 0 aliphatic carbocycles. The van der Waals surface area contributed by atoms with Crippen LogP contribution in [-0.4, -0.2) is 58.8 Å². The maximum atomic E-state index is 13.3. The van der Waals surface area contributed by atoms with Crippen molar-refractivity contribution in [3.63, 3.8) is 0 Å². The third-order valence-corrected chi connectivity index (χ3v) is 4.54. The second-order valence-corrected chi connectivity index (χ2v) is 6.75. The molecule has 0 spiro atoms. The van der Waals surface area contributed by atoms with Crippen molar-refractivity contribution < 1.29 is 28.9 Å². The number of carboxylic acids is 1. The number of carbonyl (C=O) groups is 2. The number of hydrogen-bond acceptors (Lipinski definition) is 5. The summed E-state index contributed by atoms with van der Waals surface area (Å²) in [5, 5.41) is 21.8. The second kappa shape index (κ2) is 8.37. The average Bonchev–Trinajstić information content (AvgIpc) is 2.97. The molecule has 1 amide bonds. The molecule has 0 radical (unpaired) electrons. The lowest BCUT2D eigenvalue weighted by Crippen LogP contribution is -2.33. The molecule has 1 saturated heterocycles. The minimum absolute atomic E-state index is 0.0326. The van der Waals surface area contributed by atoms with Crippen molar-refractivity contribution in [3.8, 4) is 5.75 Å². The van der Waals surface area contributed by atoms with Gasteiger partial charge >= 0.3 is 5.97 Å². The molecule has 1 fully saturated rings. The number of rotatable bonds is 6. The van der Waals surface area contributed by atoms with Gasteiger partial charge in [-0.1, -0.05) is 6.07 Å². The number of benzene rings is 2. The third kappa shape index (κ3) is 4.85. The fourth-order valence-corrected chi connectivity index (χ4v) is 3.05. The van der Waals surface area contributed by atoms with Crippen molar-refractivity contribution in [3.05, 3.63) is 59.4 Å². The maximum absolute atomic E-state index is 13.3. The number of amides is 1. The predicted molar refractivity (Wildman–Crippen MR) is 100 cm³/mol. The number of halogens is 1. The summed E-state index contributed by atoms with van der Waals surface area (Å²) in [5.41, 5.74) is 1.31. The Morgan fingerprint density at radius 2 is 1.93 bits per heavy atom. The highest BCUT2D eigenvalue weighted by molar-refractivity contribution is 5.93. The van der Waals surface area contributed by atoms with Crippen LogP contribution in [0.4, 0.5) is 10.1 Å². The number of nitrogens with one attached hydrogen (secondary N) is 1. The van der Waals surface area contributed by atoms with Crippen LogP contribution in [0.5, 0.6) is 5.75 Å². The molecule has 148 valence electrons. The number of aromatic carboxylic acids is 1. The lowest BCUT2D eigenvalue weighted by molar-refractivity contribution is -0.117. The fourth-order valence-electron chi connectivity index (χ4n) is 3.05. The van der Waals surface area contributed by atoms with E-state index >= 15 is 0 Å². The van der Waals surface area contributed by atoms with E-state index in [0.717, 1.165) is 5.56 Å². The van der Waals surface area contributed by atoms with E-state index in [1.165, 1.54) is 36.4 Å². The second-order valence-electron chi connectivity index (χ2n) is 6.75. The Labute approximate surface area is 161 Å². The molecule has 0 unspecified atom stereocenters. The molecular weight excluding hydrogens is 367 g/mol. The highest BCUT2D eigenvalue weighted by atomic mass is 19.1. The van der Waals surface area contributed by atoms with Crippen molar-refractivity contribution in [2.45, 2.75) is 19.1 Å². The number of carboxylic acid groups (broad SMARTS) is 1. The first kappa shape index (κ1) is 19.8. The fraction of sp³-hybridized carbons (Fsp3) is 0.300. The highest BCUT2D eigenvalue weighted by Gasteiger charge is 2.34. The van der Waals surface area contributed by atoms with Crippen molar-refractivity contribution in [1.29, 1.82) is 0 Å². The van der Waals surface area contributed by atoms with E-state index in [2.05, 4.69) is 5.32 Å². The molecule has 0 saturated carbocycles. The smallest absolute Gasteiger partial charge is 0.335 e. The van der Waals surface area contributed by atoms with Gasteiger partial charge in [-0.3, -0.25) is 9.69 Å². The van der Waals surface area contributed by atoms with Crippen LogP contribution in [0.2, 0.25) is 0 Å². The minimum atomic E-state index is -1.03. The number of aliphatic hydroxyl groups excluding tert-OH is 1. The quantitative estimate of drug-likeness (QED) is 0.699. The van der Waals surface area contributed by atoms with Gasteiger partial charge in [-0.05, 0) is 48.9 Å². The summed E-state index contributed by atoms with van der Waals surface area (Å²) >= 11 is 0. The van der Waals surface area contributed by atoms with Crippen LogP contribution < -0.4 is 10.1 Å². The van der Waals surface area contributed by atoms with Crippen molar-refractivity contribution in [1.82, 2.24) is 4.90 Å². The van der Waals surface area contributed by atoms with Gasteiger partial charge in [-0.2, -0.15) is 0 Å². The summed E-state index contributed by atoms with van der Waals surface area (Å²) in [6.45, 7) is 2.39. The molecule has 3 rings (SSSR count). The molecule has 1 heterocycles. The summed E-state index contributed by atoms with van der Waals surface area (Å²) in [6, 6.07) is 10.1. The molecule has 8 heteroatoms. The topological polar surface area (TPSA) is 99.1 Å². The monoisotopic (exact) mass is 388 g/mol. The van der Waals surface area contributed by atoms with Gasteiger partial charge < -0.3 is 20.3 Å². The number of carbonyl (C=O) groups excluding carboxylic acids is 1. The standard InChI is InChI=1S/C20H21FN2O5/c1-12-2-5-14(21)8-16(12)22-19(25)11-23-9-17(24)18(10-23)28-15-6-3-13(4-7-15)20(26)27/h2-8,17-18,24H,9-11H2,1H3,(H,22,25)(H,26,27)/t17-,18-/m1/s1. The van der Waals surface area contributed by atoms with E-state index < -0.39 is 24.0 Å². The molecule has 28 heavy (non-hydrogen) atoms. The summed E-state index contributed by atoms with van der Waals surface area (Å²) < 4.78 is 19.1. The number of aryl methyl sites for hydroxylation is 1. The van der Waals surface area contributed by atoms with Gasteiger partial charge in [0.1, 0.15) is 23.8 Å². The Balaban J connectivity index is 1.55. The molecule has 1 aliphatic rings. The Morgan fingerprint density at radius 1 is 1.21 bits per heavy atom. The van der Waals surface area contributed by atoms with E-state index in [4.69, 9.17) is 9.84 Å². The zero-order chi connectivity index (χ0) is 20.3. The molecule has 2 aromatic carbocycles. The van der Waals surface area contributed by atoms with Crippen molar-refractivity contribution in [2.24, 2.45) is 0 Å². The van der Waals surface area contributed by atoms with Crippen LogP contribution in [0.15, 0.2) is 42.5 Å². The number of hydrogen-bond donors (Lipinski definition) is 3. The Hall–Kier alpha value is -2.97. The van der Waals surface area contributed by atoms with Crippen LogP contribution in [-0.2, 0) is 4.79 Å². The van der Waals surface area contributed by atoms with E-state index in [9.17, 15) is 19.1 Å². The summed E-state index contributed by atoms with van der Waals surface area (Å²) in [4.78, 5) is 24.9.